The smallest absolute Gasteiger partial charge is 0.238 e. The third-order valence-corrected chi connectivity index (χ3v) is 3.18. The van der Waals surface area contributed by atoms with Gasteiger partial charge in [0.2, 0.25) is 10.0 Å². The number of rotatable bonds is 3. The zero-order valence-electron chi connectivity index (χ0n) is 8.31. The second-order valence-electron chi connectivity index (χ2n) is 3.54. The molecular weight excluding hydrogens is 235 g/mol. The number of nitrogens with two attached hydrogens (primary N) is 1. The van der Waals surface area contributed by atoms with Gasteiger partial charge < -0.3 is 10.1 Å². The molecule has 0 saturated carbocycles. The quantitative estimate of drug-likeness (QED) is 0.775. The van der Waals surface area contributed by atoms with E-state index in [9.17, 15) is 12.8 Å². The van der Waals surface area contributed by atoms with Crippen LogP contribution in [0.1, 0.15) is 0 Å². The van der Waals surface area contributed by atoms with Gasteiger partial charge in [-0.15, -0.1) is 0 Å². The normalized spacial score (nSPS) is 16.9. The van der Waals surface area contributed by atoms with Gasteiger partial charge in [-0.2, -0.15) is 0 Å². The number of halogens is 1. The zero-order chi connectivity index (χ0) is 11.8. The summed E-state index contributed by atoms with van der Waals surface area (Å²) in [5.74, 6) is -0.683. The number of hydrogen-bond donors (Lipinski definition) is 2. The van der Waals surface area contributed by atoms with Crippen LogP contribution >= 0.6 is 0 Å². The molecule has 0 aromatic heterocycles. The van der Waals surface area contributed by atoms with Crippen LogP contribution in [0.15, 0.2) is 23.1 Å². The Labute approximate surface area is 92.5 Å². The second-order valence-corrected chi connectivity index (χ2v) is 5.10. The monoisotopic (exact) mass is 246 g/mol. The number of hydrogen-bond acceptors (Lipinski definition) is 4. The van der Waals surface area contributed by atoms with Gasteiger partial charge in [0, 0.05) is 13.1 Å². The molecule has 1 heterocycles. The van der Waals surface area contributed by atoms with Crippen LogP contribution in [0.5, 0.6) is 5.75 Å². The lowest BCUT2D eigenvalue weighted by molar-refractivity contribution is 0.136. The highest BCUT2D eigenvalue weighted by Crippen LogP contribution is 2.22. The molecule has 0 amide bonds. The Bertz CT molecular complexity index is 499. The van der Waals surface area contributed by atoms with E-state index in [0.717, 1.165) is 6.07 Å². The van der Waals surface area contributed by atoms with Crippen LogP contribution in [0.2, 0.25) is 0 Å². The Kier molecular flexibility index (Phi) is 2.83. The van der Waals surface area contributed by atoms with Gasteiger partial charge in [-0.05, 0) is 18.2 Å². The Hall–Kier alpha value is -1.18. The highest BCUT2D eigenvalue weighted by molar-refractivity contribution is 7.89. The summed E-state index contributed by atoms with van der Waals surface area (Å²) >= 11 is 0. The van der Waals surface area contributed by atoms with Gasteiger partial charge in [0.1, 0.15) is 6.10 Å². The highest BCUT2D eigenvalue weighted by atomic mass is 32.2. The molecule has 0 unspecified atom stereocenters. The lowest BCUT2D eigenvalue weighted by Crippen LogP contribution is -2.50. The SMILES string of the molecule is NS(=O)(=O)c1ccc(OC2CNC2)c(F)c1. The molecular formula is C9H11FN2O3S. The van der Waals surface area contributed by atoms with Crippen molar-refractivity contribution in [1.82, 2.24) is 5.32 Å². The Morgan fingerprint density at radius 1 is 1.44 bits per heavy atom. The van der Waals surface area contributed by atoms with Crippen molar-refractivity contribution in [2.24, 2.45) is 5.14 Å². The molecule has 1 saturated heterocycles. The molecule has 1 aromatic rings. The molecule has 3 N–H and O–H groups in total. The third-order valence-electron chi connectivity index (χ3n) is 2.27. The molecule has 5 nitrogen and oxygen atoms in total. The Morgan fingerprint density at radius 2 is 2.12 bits per heavy atom. The minimum Gasteiger partial charge on any atom is -0.485 e. The van der Waals surface area contributed by atoms with Gasteiger partial charge >= 0.3 is 0 Å². The van der Waals surface area contributed by atoms with Crippen molar-refractivity contribution in [2.75, 3.05) is 13.1 Å². The van der Waals surface area contributed by atoms with Gasteiger partial charge in [0.15, 0.2) is 11.6 Å². The molecule has 1 aromatic carbocycles. The number of sulfonamides is 1. The molecule has 1 fully saturated rings. The minimum atomic E-state index is -3.87. The summed E-state index contributed by atoms with van der Waals surface area (Å²) in [6.45, 7) is 1.33. The Morgan fingerprint density at radius 3 is 2.56 bits per heavy atom. The van der Waals surface area contributed by atoms with Crippen LogP contribution in [0.25, 0.3) is 0 Å². The average molecular weight is 246 g/mol. The van der Waals surface area contributed by atoms with Crippen LogP contribution in [0, 0.1) is 5.82 Å². The summed E-state index contributed by atoms with van der Waals surface area (Å²) in [4.78, 5) is -0.260. The van der Waals surface area contributed by atoms with E-state index in [1.165, 1.54) is 12.1 Å². The first-order valence-corrected chi connectivity index (χ1v) is 6.21. The largest absolute Gasteiger partial charge is 0.485 e. The maximum atomic E-state index is 13.4. The van der Waals surface area contributed by atoms with Crippen LogP contribution < -0.4 is 15.2 Å². The Balaban J connectivity index is 2.22. The minimum absolute atomic E-state index is 0.0406. The molecule has 0 aliphatic carbocycles. The van der Waals surface area contributed by atoms with E-state index < -0.39 is 15.8 Å². The van der Waals surface area contributed by atoms with Crippen molar-refractivity contribution in [3.8, 4) is 5.75 Å². The third kappa shape index (κ3) is 2.31. The van der Waals surface area contributed by atoms with Crippen LogP contribution in [0.4, 0.5) is 4.39 Å². The number of benzene rings is 1. The van der Waals surface area contributed by atoms with Gasteiger partial charge in [0.05, 0.1) is 4.90 Å². The molecule has 2 rings (SSSR count). The molecule has 0 radical (unpaired) electrons. The topological polar surface area (TPSA) is 81.4 Å². The standard InChI is InChI=1S/C9H11FN2O3S/c10-8-3-7(16(11,13)14)1-2-9(8)15-6-4-12-5-6/h1-3,6,12H,4-5H2,(H2,11,13,14). The first kappa shape index (κ1) is 11.3. The average Bonchev–Trinajstić information content (AvgIpc) is 2.11. The molecule has 0 spiro atoms. The van der Waals surface area contributed by atoms with E-state index in [1.807, 2.05) is 0 Å². The number of ether oxygens (including phenoxy) is 1. The molecule has 0 atom stereocenters. The highest BCUT2D eigenvalue weighted by Gasteiger charge is 2.20. The van der Waals surface area contributed by atoms with Crippen LogP contribution in [-0.4, -0.2) is 27.6 Å². The summed E-state index contributed by atoms with van der Waals surface area (Å²) in [6, 6.07) is 3.35. The predicted octanol–water partition coefficient (Wildman–Crippen LogP) is -0.176. The molecule has 88 valence electrons. The van der Waals surface area contributed by atoms with Crippen molar-refractivity contribution in [1.29, 1.82) is 0 Å². The summed E-state index contributed by atoms with van der Waals surface area (Å²) in [7, 11) is -3.87. The first-order valence-electron chi connectivity index (χ1n) is 4.66. The van der Waals surface area contributed by atoms with E-state index in [0.29, 0.717) is 13.1 Å². The van der Waals surface area contributed by atoms with Crippen molar-refractivity contribution >= 4 is 10.0 Å². The van der Waals surface area contributed by atoms with E-state index in [-0.39, 0.29) is 16.7 Å². The van der Waals surface area contributed by atoms with E-state index in [4.69, 9.17) is 9.88 Å². The molecule has 16 heavy (non-hydrogen) atoms. The van der Waals surface area contributed by atoms with Crippen molar-refractivity contribution in [3.05, 3.63) is 24.0 Å². The summed E-state index contributed by atoms with van der Waals surface area (Å²) in [6.07, 6.45) is -0.0603. The fourth-order valence-electron chi connectivity index (χ4n) is 1.28. The number of nitrogens with one attached hydrogen (secondary N) is 1. The summed E-state index contributed by atoms with van der Waals surface area (Å²) in [5.41, 5.74) is 0. The molecule has 7 heteroatoms. The van der Waals surface area contributed by atoms with E-state index in [1.54, 1.807) is 0 Å². The van der Waals surface area contributed by atoms with Crippen LogP contribution in [-0.2, 0) is 10.0 Å². The molecule has 0 bridgehead atoms. The fourth-order valence-corrected chi connectivity index (χ4v) is 1.80. The summed E-state index contributed by atoms with van der Waals surface area (Å²) in [5, 5.41) is 7.84. The van der Waals surface area contributed by atoms with E-state index in [2.05, 4.69) is 5.32 Å². The summed E-state index contributed by atoms with van der Waals surface area (Å²) < 4.78 is 40.6. The van der Waals surface area contributed by atoms with Gasteiger partial charge in [-0.25, -0.2) is 17.9 Å². The molecule has 1 aliphatic heterocycles. The predicted molar refractivity (Wildman–Crippen MR) is 55.1 cm³/mol. The van der Waals surface area contributed by atoms with Gasteiger partial charge in [-0.3, -0.25) is 0 Å². The van der Waals surface area contributed by atoms with Crippen molar-refractivity contribution in [3.63, 3.8) is 0 Å². The zero-order valence-corrected chi connectivity index (χ0v) is 9.13. The fraction of sp³-hybridized carbons (Fsp3) is 0.333. The maximum Gasteiger partial charge on any atom is 0.238 e. The van der Waals surface area contributed by atoms with Crippen molar-refractivity contribution < 1.29 is 17.5 Å². The second kappa shape index (κ2) is 4.00. The first-order chi connectivity index (χ1) is 7.47. The van der Waals surface area contributed by atoms with Crippen molar-refractivity contribution in [2.45, 2.75) is 11.0 Å². The van der Waals surface area contributed by atoms with Gasteiger partial charge in [0.25, 0.3) is 0 Å². The van der Waals surface area contributed by atoms with Gasteiger partial charge in [-0.1, -0.05) is 0 Å². The lowest BCUT2D eigenvalue weighted by Gasteiger charge is -2.27. The van der Waals surface area contributed by atoms with E-state index >= 15 is 0 Å². The molecule has 1 aliphatic rings. The lowest BCUT2D eigenvalue weighted by atomic mass is 10.2. The number of primary sulfonamides is 1. The van der Waals surface area contributed by atoms with Crippen LogP contribution in [0.3, 0.4) is 0 Å². The maximum absolute atomic E-state index is 13.4.